The van der Waals surface area contributed by atoms with Gasteiger partial charge in [0.05, 0.1) is 13.7 Å². The number of fused-ring (bicyclic) bond motifs is 1. The van der Waals surface area contributed by atoms with E-state index in [1.807, 2.05) is 18.2 Å². The Morgan fingerprint density at radius 2 is 1.63 bits per heavy atom. The molecule has 3 rings (SSSR count). The van der Waals surface area contributed by atoms with E-state index in [2.05, 4.69) is 16.2 Å². The van der Waals surface area contributed by atoms with E-state index in [0.29, 0.717) is 5.75 Å². The van der Waals surface area contributed by atoms with Gasteiger partial charge in [-0.2, -0.15) is 0 Å². The Morgan fingerprint density at radius 3 is 2.41 bits per heavy atom. The minimum absolute atomic E-state index is 0.0261. The van der Waals surface area contributed by atoms with Gasteiger partial charge in [0.25, 0.3) is 11.8 Å². The summed E-state index contributed by atoms with van der Waals surface area (Å²) in [6, 6.07) is 13.1. The maximum atomic E-state index is 11.8. The van der Waals surface area contributed by atoms with Gasteiger partial charge in [0, 0.05) is 5.69 Å². The molecule has 0 heterocycles. The van der Waals surface area contributed by atoms with Crippen molar-refractivity contribution in [1.29, 1.82) is 0 Å². The predicted molar refractivity (Wildman–Crippen MR) is 102 cm³/mol. The van der Waals surface area contributed by atoms with Gasteiger partial charge in [0.2, 0.25) is 0 Å². The topological polar surface area (TPSA) is 88.7 Å². The Bertz CT molecular complexity index is 805. The molecular formula is C20H23N3O4. The Morgan fingerprint density at radius 1 is 0.926 bits per heavy atom. The molecule has 0 bridgehead atoms. The van der Waals surface area contributed by atoms with Gasteiger partial charge in [0.1, 0.15) is 11.5 Å². The van der Waals surface area contributed by atoms with Crippen LogP contribution < -0.4 is 25.6 Å². The van der Waals surface area contributed by atoms with Crippen LogP contribution in [0.4, 0.5) is 5.69 Å². The molecule has 0 aromatic heterocycles. The number of methoxy groups -OCH3 is 1. The van der Waals surface area contributed by atoms with E-state index in [9.17, 15) is 9.59 Å². The van der Waals surface area contributed by atoms with Gasteiger partial charge in [-0.05, 0) is 66.8 Å². The highest BCUT2D eigenvalue weighted by molar-refractivity contribution is 5.85. The van der Waals surface area contributed by atoms with Crippen LogP contribution in [-0.4, -0.2) is 32.1 Å². The van der Waals surface area contributed by atoms with Crippen LogP contribution in [-0.2, 0) is 22.4 Å². The highest BCUT2D eigenvalue weighted by Crippen LogP contribution is 2.25. The standard InChI is InChI=1S/C20H23N3O4/c1-26-17-9-6-16(7-10-17)21-12-19(24)22-23-20(25)13-27-18-8-5-14-3-2-4-15(14)11-18/h5-11,21H,2-4,12-13H2,1H3,(H,22,24)(H,23,25). The summed E-state index contributed by atoms with van der Waals surface area (Å²) in [6.07, 6.45) is 3.32. The number of rotatable bonds is 7. The van der Waals surface area contributed by atoms with Crippen molar-refractivity contribution in [1.82, 2.24) is 10.9 Å². The summed E-state index contributed by atoms with van der Waals surface area (Å²) in [5, 5.41) is 2.95. The lowest BCUT2D eigenvalue weighted by atomic mass is 10.1. The van der Waals surface area contributed by atoms with Crippen molar-refractivity contribution in [2.75, 3.05) is 25.6 Å². The second kappa shape index (κ2) is 8.93. The molecule has 7 nitrogen and oxygen atoms in total. The largest absolute Gasteiger partial charge is 0.497 e. The number of anilines is 1. The van der Waals surface area contributed by atoms with E-state index in [1.165, 1.54) is 11.1 Å². The van der Waals surface area contributed by atoms with Gasteiger partial charge in [0.15, 0.2) is 6.61 Å². The van der Waals surface area contributed by atoms with Gasteiger partial charge < -0.3 is 14.8 Å². The number of hydrogen-bond donors (Lipinski definition) is 3. The molecule has 0 fully saturated rings. The molecule has 1 aliphatic carbocycles. The molecule has 0 radical (unpaired) electrons. The Labute approximate surface area is 158 Å². The van der Waals surface area contributed by atoms with E-state index in [0.717, 1.165) is 30.7 Å². The SMILES string of the molecule is COc1ccc(NCC(=O)NNC(=O)COc2ccc3c(c2)CCC3)cc1. The number of hydrogen-bond acceptors (Lipinski definition) is 5. The number of ether oxygens (including phenoxy) is 2. The average molecular weight is 369 g/mol. The summed E-state index contributed by atoms with van der Waals surface area (Å²) in [4.78, 5) is 23.6. The lowest BCUT2D eigenvalue weighted by molar-refractivity contribution is -0.129. The highest BCUT2D eigenvalue weighted by Gasteiger charge is 2.12. The molecule has 2 aromatic rings. The maximum absolute atomic E-state index is 11.8. The van der Waals surface area contributed by atoms with E-state index < -0.39 is 5.91 Å². The molecule has 0 atom stereocenters. The zero-order valence-corrected chi connectivity index (χ0v) is 15.2. The third-order valence-corrected chi connectivity index (χ3v) is 4.32. The first kappa shape index (κ1) is 18.6. The zero-order chi connectivity index (χ0) is 19.1. The van der Waals surface area contributed by atoms with Crippen LogP contribution in [0.1, 0.15) is 17.5 Å². The fraction of sp³-hybridized carbons (Fsp3) is 0.300. The van der Waals surface area contributed by atoms with Crippen molar-refractivity contribution < 1.29 is 19.1 Å². The van der Waals surface area contributed by atoms with Gasteiger partial charge in [-0.15, -0.1) is 0 Å². The normalized spacial score (nSPS) is 12.0. The van der Waals surface area contributed by atoms with Crippen molar-refractivity contribution in [2.45, 2.75) is 19.3 Å². The minimum Gasteiger partial charge on any atom is -0.497 e. The van der Waals surface area contributed by atoms with Crippen LogP contribution in [0.15, 0.2) is 42.5 Å². The molecule has 142 valence electrons. The Hall–Kier alpha value is -3.22. The van der Waals surface area contributed by atoms with E-state index >= 15 is 0 Å². The molecule has 1 aliphatic rings. The van der Waals surface area contributed by atoms with Crippen LogP contribution in [0.5, 0.6) is 11.5 Å². The summed E-state index contributed by atoms with van der Waals surface area (Å²) in [6.45, 7) is -0.136. The van der Waals surface area contributed by atoms with Crippen molar-refractivity contribution >= 4 is 17.5 Å². The smallest absolute Gasteiger partial charge is 0.276 e. The Kier molecular flexibility index (Phi) is 6.14. The molecule has 2 amide bonds. The van der Waals surface area contributed by atoms with Crippen molar-refractivity contribution in [3.8, 4) is 11.5 Å². The molecule has 0 saturated carbocycles. The third-order valence-electron chi connectivity index (χ3n) is 4.32. The quantitative estimate of drug-likeness (QED) is 0.648. The van der Waals surface area contributed by atoms with Crippen LogP contribution in [0, 0.1) is 0 Å². The van der Waals surface area contributed by atoms with Crippen molar-refractivity contribution in [2.24, 2.45) is 0 Å². The van der Waals surface area contributed by atoms with Gasteiger partial charge in [-0.3, -0.25) is 20.4 Å². The van der Waals surface area contributed by atoms with Crippen molar-refractivity contribution in [3.63, 3.8) is 0 Å². The lowest BCUT2D eigenvalue weighted by Gasteiger charge is -2.11. The third kappa shape index (κ3) is 5.37. The van der Waals surface area contributed by atoms with E-state index in [-0.39, 0.29) is 19.1 Å². The van der Waals surface area contributed by atoms with Gasteiger partial charge >= 0.3 is 0 Å². The Balaban J connectivity index is 1.35. The molecule has 3 N–H and O–H groups in total. The minimum atomic E-state index is -0.423. The maximum Gasteiger partial charge on any atom is 0.276 e. The van der Waals surface area contributed by atoms with Crippen molar-refractivity contribution in [3.05, 3.63) is 53.6 Å². The predicted octanol–water partition coefficient (Wildman–Crippen LogP) is 1.82. The van der Waals surface area contributed by atoms with Crippen LogP contribution in [0.3, 0.4) is 0 Å². The van der Waals surface area contributed by atoms with Crippen LogP contribution in [0.2, 0.25) is 0 Å². The fourth-order valence-corrected chi connectivity index (χ4v) is 2.90. The lowest BCUT2D eigenvalue weighted by Crippen LogP contribution is -2.45. The van der Waals surface area contributed by atoms with Crippen LogP contribution >= 0.6 is 0 Å². The summed E-state index contributed by atoms with van der Waals surface area (Å²) in [5.41, 5.74) is 8.09. The number of carbonyl (C=O) groups is 2. The molecular weight excluding hydrogens is 346 g/mol. The summed E-state index contributed by atoms with van der Waals surface area (Å²) in [7, 11) is 1.59. The first-order valence-electron chi connectivity index (χ1n) is 8.84. The highest BCUT2D eigenvalue weighted by atomic mass is 16.5. The second-order valence-corrected chi connectivity index (χ2v) is 6.25. The summed E-state index contributed by atoms with van der Waals surface area (Å²) in [5.74, 6) is 0.615. The number of carbonyl (C=O) groups excluding carboxylic acids is 2. The monoisotopic (exact) mass is 369 g/mol. The molecule has 0 aliphatic heterocycles. The molecule has 0 saturated heterocycles. The number of amides is 2. The molecule has 0 unspecified atom stereocenters. The van der Waals surface area contributed by atoms with Crippen LogP contribution in [0.25, 0.3) is 0 Å². The number of benzene rings is 2. The second-order valence-electron chi connectivity index (χ2n) is 6.25. The molecule has 0 spiro atoms. The van der Waals surface area contributed by atoms with E-state index in [4.69, 9.17) is 9.47 Å². The number of aryl methyl sites for hydroxylation is 2. The van der Waals surface area contributed by atoms with Gasteiger partial charge in [-0.1, -0.05) is 6.07 Å². The first-order valence-corrected chi connectivity index (χ1v) is 8.84. The molecule has 27 heavy (non-hydrogen) atoms. The molecule has 7 heteroatoms. The summed E-state index contributed by atoms with van der Waals surface area (Å²) < 4.78 is 10.6. The van der Waals surface area contributed by atoms with Gasteiger partial charge in [-0.25, -0.2) is 0 Å². The average Bonchev–Trinajstić information content (AvgIpc) is 3.17. The number of hydrazine groups is 1. The molecule has 2 aromatic carbocycles. The number of nitrogens with one attached hydrogen (secondary N) is 3. The fourth-order valence-electron chi connectivity index (χ4n) is 2.90. The zero-order valence-electron chi connectivity index (χ0n) is 15.2. The van der Waals surface area contributed by atoms with E-state index in [1.54, 1.807) is 31.4 Å². The first-order chi connectivity index (χ1) is 13.1. The summed E-state index contributed by atoms with van der Waals surface area (Å²) >= 11 is 0.